The predicted molar refractivity (Wildman–Crippen MR) is 110 cm³/mol. The second-order valence-corrected chi connectivity index (χ2v) is 9.12. The van der Waals surface area contributed by atoms with Gasteiger partial charge in [0.1, 0.15) is 5.60 Å². The minimum absolute atomic E-state index is 0.206. The molecule has 0 saturated carbocycles. The number of guanidine groups is 1. The van der Waals surface area contributed by atoms with Gasteiger partial charge in [-0.3, -0.25) is 4.99 Å². The molecule has 152 valence electrons. The number of aliphatic imine (C=N–C) groups is 1. The van der Waals surface area contributed by atoms with Crippen LogP contribution in [0.1, 0.15) is 44.3 Å². The van der Waals surface area contributed by atoms with Crippen molar-refractivity contribution >= 4 is 23.4 Å². The first kappa shape index (κ1) is 21.5. The number of hydrogen-bond donors (Lipinski definition) is 1. The summed E-state index contributed by atoms with van der Waals surface area (Å²) in [5, 5.41) is 6.64. The number of piperidine rings is 1. The number of thiazole rings is 1. The molecule has 0 radical (unpaired) electrons. The lowest BCUT2D eigenvalue weighted by atomic mass is 9.97. The second kappa shape index (κ2) is 9.39. The molecule has 0 aliphatic carbocycles. The van der Waals surface area contributed by atoms with Crippen molar-refractivity contribution in [2.24, 2.45) is 10.9 Å². The Labute approximate surface area is 166 Å². The number of likely N-dealkylation sites (tertiary alicyclic amines) is 1. The lowest BCUT2D eigenvalue weighted by molar-refractivity contribution is 0.0185. The normalized spacial score (nSPS) is 16.4. The van der Waals surface area contributed by atoms with Gasteiger partial charge in [-0.15, -0.1) is 11.3 Å². The molecule has 1 aromatic heterocycles. The van der Waals surface area contributed by atoms with Crippen molar-refractivity contribution in [1.29, 1.82) is 0 Å². The van der Waals surface area contributed by atoms with Crippen LogP contribution in [0, 0.1) is 12.8 Å². The zero-order valence-electron chi connectivity index (χ0n) is 17.4. The highest BCUT2D eigenvalue weighted by Gasteiger charge is 2.27. The summed E-state index contributed by atoms with van der Waals surface area (Å²) >= 11 is 1.67. The van der Waals surface area contributed by atoms with E-state index in [1.165, 1.54) is 0 Å². The van der Waals surface area contributed by atoms with Crippen LogP contribution in [0.3, 0.4) is 0 Å². The smallest absolute Gasteiger partial charge is 0.410 e. The highest BCUT2D eigenvalue weighted by atomic mass is 32.1. The number of rotatable bonds is 4. The highest BCUT2D eigenvalue weighted by molar-refractivity contribution is 7.09. The van der Waals surface area contributed by atoms with Crippen LogP contribution >= 0.6 is 11.3 Å². The Bertz CT molecular complexity index is 645. The highest BCUT2D eigenvalue weighted by Crippen LogP contribution is 2.19. The summed E-state index contributed by atoms with van der Waals surface area (Å²) in [6, 6.07) is 0. The fourth-order valence-corrected chi connectivity index (χ4v) is 3.67. The van der Waals surface area contributed by atoms with Gasteiger partial charge >= 0.3 is 6.09 Å². The molecule has 1 aliphatic rings. The molecule has 1 amide bonds. The number of aryl methyl sites for hydroxylation is 1. The molecule has 1 aromatic rings. The third-order valence-corrected chi connectivity index (χ3v) is 5.28. The molecule has 0 bridgehead atoms. The average Bonchev–Trinajstić information content (AvgIpc) is 2.99. The van der Waals surface area contributed by atoms with E-state index in [4.69, 9.17) is 4.74 Å². The number of nitrogens with zero attached hydrogens (tertiary/aromatic N) is 4. The van der Waals surface area contributed by atoms with Gasteiger partial charge < -0.3 is 19.9 Å². The molecule has 2 rings (SSSR count). The lowest BCUT2D eigenvalue weighted by Gasteiger charge is -2.34. The quantitative estimate of drug-likeness (QED) is 0.627. The van der Waals surface area contributed by atoms with Crippen molar-refractivity contribution in [3.8, 4) is 0 Å². The van der Waals surface area contributed by atoms with Crippen LogP contribution < -0.4 is 5.32 Å². The molecule has 0 atom stereocenters. The molecule has 8 heteroatoms. The van der Waals surface area contributed by atoms with Gasteiger partial charge in [0.05, 0.1) is 17.2 Å². The van der Waals surface area contributed by atoms with E-state index in [9.17, 15) is 4.79 Å². The Hall–Kier alpha value is -1.83. The van der Waals surface area contributed by atoms with Gasteiger partial charge in [0, 0.05) is 39.1 Å². The fraction of sp³-hybridized carbons (Fsp3) is 0.737. The van der Waals surface area contributed by atoms with Gasteiger partial charge in [-0.2, -0.15) is 0 Å². The average molecular weight is 396 g/mol. The maximum Gasteiger partial charge on any atom is 0.410 e. The minimum Gasteiger partial charge on any atom is -0.444 e. The maximum atomic E-state index is 12.2. The third kappa shape index (κ3) is 7.01. The fourth-order valence-electron chi connectivity index (χ4n) is 3.07. The van der Waals surface area contributed by atoms with E-state index in [1.54, 1.807) is 18.4 Å². The molecule has 1 N–H and O–H groups in total. The Morgan fingerprint density at radius 3 is 2.63 bits per heavy atom. The van der Waals surface area contributed by atoms with E-state index < -0.39 is 5.60 Å². The summed E-state index contributed by atoms with van der Waals surface area (Å²) in [7, 11) is 3.82. The minimum atomic E-state index is -0.442. The van der Waals surface area contributed by atoms with Crippen LogP contribution in [0.2, 0.25) is 0 Å². The van der Waals surface area contributed by atoms with E-state index in [1.807, 2.05) is 39.6 Å². The van der Waals surface area contributed by atoms with E-state index in [-0.39, 0.29) is 6.09 Å². The SMILES string of the molecule is CN=C(NCC1CCN(C(=O)OC(C)(C)C)CC1)N(C)Cc1csc(C)n1. The van der Waals surface area contributed by atoms with Gasteiger partial charge in [-0.1, -0.05) is 0 Å². The molecular formula is C19H33N5O2S. The Balaban J connectivity index is 1.75. The molecule has 0 unspecified atom stereocenters. The maximum absolute atomic E-state index is 12.2. The van der Waals surface area contributed by atoms with Crippen LogP contribution in [0.25, 0.3) is 0 Å². The first-order valence-corrected chi connectivity index (χ1v) is 10.4. The summed E-state index contributed by atoms with van der Waals surface area (Å²) in [4.78, 5) is 24.9. The summed E-state index contributed by atoms with van der Waals surface area (Å²) in [6.07, 6.45) is 1.74. The second-order valence-electron chi connectivity index (χ2n) is 8.05. The Morgan fingerprint density at radius 2 is 2.11 bits per heavy atom. The first-order valence-electron chi connectivity index (χ1n) is 9.48. The summed E-state index contributed by atoms with van der Waals surface area (Å²) in [6.45, 7) is 10.8. The number of carbonyl (C=O) groups excluding carboxylic acids is 1. The number of nitrogens with one attached hydrogen (secondary N) is 1. The van der Waals surface area contributed by atoms with Crippen molar-refractivity contribution in [3.63, 3.8) is 0 Å². The van der Waals surface area contributed by atoms with Gasteiger partial charge in [-0.05, 0) is 46.5 Å². The molecule has 1 aliphatic heterocycles. The molecule has 2 heterocycles. The van der Waals surface area contributed by atoms with Gasteiger partial charge in [0.15, 0.2) is 5.96 Å². The number of amides is 1. The lowest BCUT2D eigenvalue weighted by Crippen LogP contribution is -2.45. The van der Waals surface area contributed by atoms with E-state index in [0.29, 0.717) is 5.92 Å². The molecule has 0 spiro atoms. The number of hydrogen-bond acceptors (Lipinski definition) is 5. The largest absolute Gasteiger partial charge is 0.444 e. The molecule has 27 heavy (non-hydrogen) atoms. The Morgan fingerprint density at radius 1 is 1.44 bits per heavy atom. The third-order valence-electron chi connectivity index (χ3n) is 4.45. The molecule has 1 saturated heterocycles. The summed E-state index contributed by atoms with van der Waals surface area (Å²) < 4.78 is 5.46. The van der Waals surface area contributed by atoms with Gasteiger partial charge in [0.2, 0.25) is 0 Å². The first-order chi connectivity index (χ1) is 12.7. The molecular weight excluding hydrogens is 362 g/mol. The number of aromatic nitrogens is 1. The van der Waals surface area contributed by atoms with E-state index >= 15 is 0 Å². The van der Waals surface area contributed by atoms with Gasteiger partial charge in [0.25, 0.3) is 0 Å². The Kier molecular flexibility index (Phi) is 7.47. The zero-order chi connectivity index (χ0) is 20.0. The molecule has 1 fully saturated rings. The topological polar surface area (TPSA) is 70.1 Å². The van der Waals surface area contributed by atoms with E-state index in [0.717, 1.165) is 55.7 Å². The van der Waals surface area contributed by atoms with Crippen molar-refractivity contribution in [2.45, 2.75) is 52.7 Å². The van der Waals surface area contributed by atoms with Crippen molar-refractivity contribution < 1.29 is 9.53 Å². The zero-order valence-corrected chi connectivity index (χ0v) is 18.2. The number of carbonyl (C=O) groups is 1. The van der Waals surface area contributed by atoms with Crippen LogP contribution in [-0.2, 0) is 11.3 Å². The molecule has 0 aromatic carbocycles. The monoisotopic (exact) mass is 395 g/mol. The summed E-state index contributed by atoms with van der Waals surface area (Å²) in [5.74, 6) is 1.39. The molecule has 7 nitrogen and oxygen atoms in total. The predicted octanol–water partition coefficient (Wildman–Crippen LogP) is 3.11. The van der Waals surface area contributed by atoms with Crippen LogP contribution in [-0.4, -0.2) is 66.2 Å². The van der Waals surface area contributed by atoms with Crippen LogP contribution in [0.4, 0.5) is 4.79 Å². The van der Waals surface area contributed by atoms with Crippen molar-refractivity contribution in [1.82, 2.24) is 20.1 Å². The standard InChI is InChI=1S/C19H33N5O2S/c1-14-22-16(13-27-14)12-23(6)17(20-5)21-11-15-7-9-24(10-8-15)18(25)26-19(2,3)4/h13,15H,7-12H2,1-6H3,(H,20,21). The van der Waals surface area contributed by atoms with Crippen LogP contribution in [0.5, 0.6) is 0 Å². The van der Waals surface area contributed by atoms with Crippen molar-refractivity contribution in [2.75, 3.05) is 33.7 Å². The number of ether oxygens (including phenoxy) is 1. The van der Waals surface area contributed by atoms with E-state index in [2.05, 4.69) is 25.6 Å². The van der Waals surface area contributed by atoms with Crippen LogP contribution in [0.15, 0.2) is 10.4 Å². The van der Waals surface area contributed by atoms with Gasteiger partial charge in [-0.25, -0.2) is 9.78 Å². The van der Waals surface area contributed by atoms with Crippen molar-refractivity contribution in [3.05, 3.63) is 16.1 Å². The summed E-state index contributed by atoms with van der Waals surface area (Å²) in [5.41, 5.74) is 0.621.